The van der Waals surface area contributed by atoms with E-state index in [1.165, 1.54) is 0 Å². The van der Waals surface area contributed by atoms with Crippen LogP contribution in [0.1, 0.15) is 51.9 Å². The first-order valence-electron chi connectivity index (χ1n) is 8.26. The summed E-state index contributed by atoms with van der Waals surface area (Å²) in [4.78, 5) is 36.4. The Balaban J connectivity index is 1.64. The van der Waals surface area contributed by atoms with Crippen molar-refractivity contribution in [2.75, 3.05) is 19.6 Å². The van der Waals surface area contributed by atoms with Crippen molar-refractivity contribution < 1.29 is 19.5 Å². The molecule has 1 aliphatic carbocycles. The zero-order chi connectivity index (χ0) is 16.2. The topological polar surface area (TPSA) is 86.7 Å². The largest absolute Gasteiger partial charge is 0.481 e. The summed E-state index contributed by atoms with van der Waals surface area (Å²) in [5.74, 6) is -0.801. The van der Waals surface area contributed by atoms with Gasteiger partial charge in [0.15, 0.2) is 0 Å². The lowest BCUT2D eigenvalue weighted by Gasteiger charge is -2.32. The van der Waals surface area contributed by atoms with E-state index in [-0.39, 0.29) is 23.1 Å². The van der Waals surface area contributed by atoms with Crippen molar-refractivity contribution in [3.63, 3.8) is 0 Å². The molecule has 1 atom stereocenters. The molecule has 1 unspecified atom stereocenters. The molecular weight excluding hydrogens is 284 g/mol. The van der Waals surface area contributed by atoms with Crippen molar-refractivity contribution in [2.24, 2.45) is 11.3 Å². The third kappa shape index (κ3) is 3.99. The molecule has 2 rings (SSSR count). The summed E-state index contributed by atoms with van der Waals surface area (Å²) in [5, 5.41) is 11.9. The molecule has 0 aromatic heterocycles. The fourth-order valence-corrected chi connectivity index (χ4v) is 3.36. The van der Waals surface area contributed by atoms with Crippen LogP contribution in [-0.4, -0.2) is 47.4 Å². The van der Waals surface area contributed by atoms with E-state index in [9.17, 15) is 14.4 Å². The van der Waals surface area contributed by atoms with Crippen molar-refractivity contribution in [3.05, 3.63) is 0 Å². The molecule has 2 N–H and O–H groups in total. The average molecular weight is 310 g/mol. The highest BCUT2D eigenvalue weighted by atomic mass is 16.4. The van der Waals surface area contributed by atoms with Gasteiger partial charge < -0.3 is 15.3 Å². The number of aliphatic carboxylic acids is 1. The normalized spacial score (nSPS) is 22.4. The van der Waals surface area contributed by atoms with E-state index in [0.717, 1.165) is 25.7 Å². The van der Waals surface area contributed by atoms with E-state index in [4.69, 9.17) is 5.11 Å². The smallest absolute Gasteiger partial charge is 0.307 e. The van der Waals surface area contributed by atoms with E-state index >= 15 is 0 Å². The number of hydrogen-bond donors (Lipinski definition) is 2. The molecule has 124 valence electrons. The number of rotatable bonds is 7. The van der Waals surface area contributed by atoms with Gasteiger partial charge in [-0.05, 0) is 37.5 Å². The molecular formula is C16H26N2O4. The predicted molar refractivity (Wildman–Crippen MR) is 81.1 cm³/mol. The van der Waals surface area contributed by atoms with Crippen LogP contribution in [0.2, 0.25) is 0 Å². The fourth-order valence-electron chi connectivity index (χ4n) is 3.36. The number of piperidine rings is 1. The lowest BCUT2D eigenvalue weighted by molar-refractivity contribution is -0.139. The Kier molecular flexibility index (Phi) is 5.42. The van der Waals surface area contributed by atoms with Gasteiger partial charge in [-0.2, -0.15) is 0 Å². The van der Waals surface area contributed by atoms with Crippen LogP contribution >= 0.6 is 0 Å². The molecule has 1 heterocycles. The van der Waals surface area contributed by atoms with Crippen molar-refractivity contribution >= 4 is 17.8 Å². The monoisotopic (exact) mass is 310 g/mol. The van der Waals surface area contributed by atoms with Crippen molar-refractivity contribution in [2.45, 2.75) is 51.9 Å². The second-order valence-corrected chi connectivity index (χ2v) is 6.54. The second kappa shape index (κ2) is 7.11. The zero-order valence-corrected chi connectivity index (χ0v) is 13.3. The summed E-state index contributed by atoms with van der Waals surface area (Å²) in [6.07, 6.45) is 4.65. The Morgan fingerprint density at radius 1 is 1.23 bits per heavy atom. The van der Waals surface area contributed by atoms with Crippen molar-refractivity contribution in [3.8, 4) is 0 Å². The van der Waals surface area contributed by atoms with Crippen LogP contribution < -0.4 is 5.32 Å². The SMILES string of the molecule is CCCNC(=O)CCCC(=O)N1CCC2(CC1)CC2C(=O)O. The number of carboxylic acid groups (broad SMARTS) is 1. The van der Waals surface area contributed by atoms with Gasteiger partial charge in [0.25, 0.3) is 0 Å². The lowest BCUT2D eigenvalue weighted by atomic mass is 9.90. The molecule has 2 aliphatic rings. The van der Waals surface area contributed by atoms with E-state index in [1.807, 2.05) is 11.8 Å². The van der Waals surface area contributed by atoms with Gasteiger partial charge in [0.05, 0.1) is 5.92 Å². The molecule has 0 bridgehead atoms. The highest BCUT2D eigenvalue weighted by Gasteiger charge is 2.59. The van der Waals surface area contributed by atoms with Crippen LogP contribution in [0, 0.1) is 11.3 Å². The van der Waals surface area contributed by atoms with E-state index in [1.54, 1.807) is 0 Å². The molecule has 1 saturated heterocycles. The first-order chi connectivity index (χ1) is 10.5. The highest BCUT2D eigenvalue weighted by Crippen LogP contribution is 2.59. The van der Waals surface area contributed by atoms with Crippen LogP contribution in [0.25, 0.3) is 0 Å². The van der Waals surface area contributed by atoms with Crippen molar-refractivity contribution in [1.82, 2.24) is 10.2 Å². The van der Waals surface area contributed by atoms with E-state index in [0.29, 0.717) is 38.9 Å². The number of carboxylic acids is 1. The van der Waals surface area contributed by atoms with Gasteiger partial charge in [-0.25, -0.2) is 0 Å². The number of carbonyl (C=O) groups is 3. The third-order valence-corrected chi connectivity index (χ3v) is 4.97. The van der Waals surface area contributed by atoms with Crippen LogP contribution in [0.5, 0.6) is 0 Å². The van der Waals surface area contributed by atoms with E-state index < -0.39 is 5.97 Å². The molecule has 0 aromatic rings. The van der Waals surface area contributed by atoms with Gasteiger partial charge in [0.1, 0.15) is 0 Å². The molecule has 6 nitrogen and oxygen atoms in total. The Hall–Kier alpha value is -1.59. The summed E-state index contributed by atoms with van der Waals surface area (Å²) < 4.78 is 0. The van der Waals surface area contributed by atoms with Gasteiger partial charge in [-0.1, -0.05) is 6.92 Å². The van der Waals surface area contributed by atoms with Crippen LogP contribution in [0.3, 0.4) is 0 Å². The second-order valence-electron chi connectivity index (χ2n) is 6.54. The predicted octanol–water partition coefficient (Wildman–Crippen LogP) is 1.40. The van der Waals surface area contributed by atoms with Gasteiger partial charge in [-0.3, -0.25) is 14.4 Å². The minimum atomic E-state index is -0.696. The number of carbonyl (C=O) groups excluding carboxylic acids is 2. The highest BCUT2D eigenvalue weighted by molar-refractivity contribution is 5.79. The first kappa shape index (κ1) is 16.8. The summed E-state index contributed by atoms with van der Waals surface area (Å²) >= 11 is 0. The maximum atomic E-state index is 12.1. The summed E-state index contributed by atoms with van der Waals surface area (Å²) in [5.41, 5.74) is -0.0390. The first-order valence-corrected chi connectivity index (χ1v) is 8.26. The van der Waals surface area contributed by atoms with Crippen molar-refractivity contribution in [1.29, 1.82) is 0 Å². The van der Waals surface area contributed by atoms with Crippen LogP contribution in [-0.2, 0) is 14.4 Å². The molecule has 2 amide bonds. The number of nitrogens with one attached hydrogen (secondary N) is 1. The standard InChI is InChI=1S/C16H26N2O4/c1-2-8-17-13(19)4-3-5-14(20)18-9-6-16(7-10-18)11-12(16)15(21)22/h12H,2-11H2,1H3,(H,17,19)(H,21,22). The molecule has 2 fully saturated rings. The molecule has 1 aliphatic heterocycles. The van der Waals surface area contributed by atoms with Gasteiger partial charge >= 0.3 is 5.97 Å². The van der Waals surface area contributed by atoms with Gasteiger partial charge in [-0.15, -0.1) is 0 Å². The number of likely N-dealkylation sites (tertiary alicyclic amines) is 1. The number of nitrogens with zero attached hydrogens (tertiary/aromatic N) is 1. The Bertz CT molecular complexity index is 441. The maximum Gasteiger partial charge on any atom is 0.307 e. The van der Waals surface area contributed by atoms with Crippen LogP contribution in [0.15, 0.2) is 0 Å². The molecule has 0 radical (unpaired) electrons. The zero-order valence-electron chi connectivity index (χ0n) is 13.3. The Morgan fingerprint density at radius 3 is 2.45 bits per heavy atom. The van der Waals surface area contributed by atoms with Gasteiger partial charge in [0, 0.05) is 32.5 Å². The summed E-state index contributed by atoms with van der Waals surface area (Å²) in [6.45, 7) is 4.00. The lowest BCUT2D eigenvalue weighted by Crippen LogP contribution is -2.40. The third-order valence-electron chi connectivity index (χ3n) is 4.97. The summed E-state index contributed by atoms with van der Waals surface area (Å²) in [7, 11) is 0. The summed E-state index contributed by atoms with van der Waals surface area (Å²) in [6, 6.07) is 0. The molecule has 6 heteroatoms. The molecule has 1 spiro atoms. The average Bonchev–Trinajstić information content (AvgIpc) is 3.19. The quantitative estimate of drug-likeness (QED) is 0.744. The minimum Gasteiger partial charge on any atom is -0.481 e. The molecule has 1 saturated carbocycles. The molecule has 22 heavy (non-hydrogen) atoms. The van der Waals surface area contributed by atoms with Gasteiger partial charge in [0.2, 0.25) is 11.8 Å². The Morgan fingerprint density at radius 2 is 1.91 bits per heavy atom. The molecule has 0 aromatic carbocycles. The number of hydrogen-bond acceptors (Lipinski definition) is 3. The number of amides is 2. The fraction of sp³-hybridized carbons (Fsp3) is 0.812. The minimum absolute atomic E-state index is 0.00882. The van der Waals surface area contributed by atoms with Crippen LogP contribution in [0.4, 0.5) is 0 Å². The van der Waals surface area contributed by atoms with E-state index in [2.05, 4.69) is 5.32 Å². The maximum absolute atomic E-state index is 12.1. The Labute approximate surface area is 131 Å².